The molecular weight excluding hydrogens is 812 g/mol. The molecule has 1 N–H and O–H groups in total. The molecule has 0 saturated carbocycles. The van der Waals surface area contributed by atoms with Gasteiger partial charge in [-0.25, -0.2) is 4.99 Å². The van der Waals surface area contributed by atoms with Crippen LogP contribution in [0, 0.1) is 7.14 Å². The number of para-hydroxylation sites is 1. The van der Waals surface area contributed by atoms with E-state index in [1.807, 2.05) is 110 Å². The number of carbonyl (C=O) groups excluding carboxylic acids is 1. The van der Waals surface area contributed by atoms with Crippen LogP contribution in [0.4, 0.5) is 5.69 Å². The quantitative estimate of drug-likeness (QED) is 0.177. The lowest BCUT2D eigenvalue weighted by molar-refractivity contribution is -0.113. The van der Waals surface area contributed by atoms with Gasteiger partial charge >= 0.3 is 0 Å². The number of hydrogen-bond acceptors (Lipinski definition) is 6. The molecule has 0 aliphatic carbocycles. The fourth-order valence-electron chi connectivity index (χ4n) is 5.14. The molecule has 1 amide bonds. The molecule has 1 aliphatic heterocycles. The minimum absolute atomic E-state index is 0.224. The Morgan fingerprint density at radius 1 is 0.978 bits per heavy atom. The van der Waals surface area contributed by atoms with Crippen LogP contribution in [0.5, 0.6) is 11.5 Å². The van der Waals surface area contributed by atoms with Gasteiger partial charge in [0.05, 0.1) is 36.1 Å². The van der Waals surface area contributed by atoms with Crippen LogP contribution in [0.1, 0.15) is 29.7 Å². The third-order valence-electron chi connectivity index (χ3n) is 7.25. The van der Waals surface area contributed by atoms with Crippen molar-refractivity contribution >= 4 is 74.2 Å². The number of ether oxygens (including phenoxy) is 2. The lowest BCUT2D eigenvalue weighted by Gasteiger charge is -2.25. The summed E-state index contributed by atoms with van der Waals surface area (Å²) < 4.78 is 15.7. The average molecular weight is 839 g/mol. The van der Waals surface area contributed by atoms with Gasteiger partial charge in [-0.3, -0.25) is 14.2 Å². The van der Waals surface area contributed by atoms with Crippen molar-refractivity contribution in [2.24, 2.45) is 4.99 Å². The molecule has 1 unspecified atom stereocenters. The van der Waals surface area contributed by atoms with Gasteiger partial charge < -0.3 is 14.8 Å². The number of aromatic nitrogens is 1. The maximum atomic E-state index is 14.2. The van der Waals surface area contributed by atoms with Crippen molar-refractivity contribution in [2.75, 3.05) is 12.4 Å². The number of nitrogens with zero attached hydrogens (tertiary/aromatic N) is 2. The molecule has 10 heteroatoms. The monoisotopic (exact) mass is 839 g/mol. The lowest BCUT2D eigenvalue weighted by atomic mass is 9.95. The highest BCUT2D eigenvalue weighted by Crippen LogP contribution is 2.33. The van der Waals surface area contributed by atoms with Gasteiger partial charge in [0.25, 0.3) is 11.5 Å². The summed E-state index contributed by atoms with van der Waals surface area (Å²) in [7, 11) is 1.59. The lowest BCUT2D eigenvalue weighted by Crippen LogP contribution is -2.40. The van der Waals surface area contributed by atoms with Crippen LogP contribution in [-0.4, -0.2) is 17.6 Å². The summed E-state index contributed by atoms with van der Waals surface area (Å²) in [5.41, 5.74) is 4.09. The van der Waals surface area contributed by atoms with E-state index in [4.69, 9.17) is 14.5 Å². The Hall–Kier alpha value is -3.75. The van der Waals surface area contributed by atoms with Crippen molar-refractivity contribution in [2.45, 2.75) is 19.6 Å². The minimum atomic E-state index is -0.698. The van der Waals surface area contributed by atoms with Crippen LogP contribution < -0.4 is 29.7 Å². The fourth-order valence-corrected chi connectivity index (χ4v) is 8.31. The van der Waals surface area contributed by atoms with Crippen LogP contribution in [0.25, 0.3) is 6.08 Å². The first-order valence-electron chi connectivity index (χ1n) is 14.0. The van der Waals surface area contributed by atoms with E-state index in [1.165, 1.54) is 11.3 Å². The Kier molecular flexibility index (Phi) is 9.52. The molecule has 4 aromatic carbocycles. The highest BCUT2D eigenvalue weighted by Gasteiger charge is 2.32. The molecule has 0 spiro atoms. The van der Waals surface area contributed by atoms with E-state index in [9.17, 15) is 9.59 Å². The summed E-state index contributed by atoms with van der Waals surface area (Å²) in [4.78, 5) is 33.2. The van der Waals surface area contributed by atoms with Crippen LogP contribution in [-0.2, 0) is 11.4 Å². The van der Waals surface area contributed by atoms with Gasteiger partial charge in [-0.15, -0.1) is 0 Å². The van der Waals surface area contributed by atoms with Crippen LogP contribution in [0.15, 0.2) is 118 Å². The van der Waals surface area contributed by atoms with Crippen molar-refractivity contribution in [3.05, 3.63) is 152 Å². The smallest absolute Gasteiger partial charge is 0.271 e. The van der Waals surface area contributed by atoms with Gasteiger partial charge in [-0.05, 0) is 111 Å². The van der Waals surface area contributed by atoms with E-state index in [1.54, 1.807) is 11.7 Å². The van der Waals surface area contributed by atoms with Crippen LogP contribution >= 0.6 is 56.5 Å². The van der Waals surface area contributed by atoms with Gasteiger partial charge in [0, 0.05) is 5.69 Å². The molecule has 5 aromatic rings. The van der Waals surface area contributed by atoms with Gasteiger partial charge in [-0.2, -0.15) is 0 Å². The van der Waals surface area contributed by atoms with Crippen molar-refractivity contribution in [1.29, 1.82) is 0 Å². The highest BCUT2D eigenvalue weighted by molar-refractivity contribution is 14.1. The maximum Gasteiger partial charge on any atom is 0.271 e. The van der Waals surface area contributed by atoms with Crippen molar-refractivity contribution in [3.8, 4) is 11.5 Å². The first-order valence-corrected chi connectivity index (χ1v) is 17.0. The fraction of sp³-hybridized carbons (Fsp3) is 0.114. The number of hydrogen-bond donors (Lipinski definition) is 1. The molecule has 2 heterocycles. The zero-order valence-electron chi connectivity index (χ0n) is 24.3. The summed E-state index contributed by atoms with van der Waals surface area (Å²) in [6.45, 7) is 2.28. The highest BCUT2D eigenvalue weighted by atomic mass is 127. The average Bonchev–Trinajstić information content (AvgIpc) is 3.34. The first-order chi connectivity index (χ1) is 21.8. The van der Waals surface area contributed by atoms with Crippen molar-refractivity contribution < 1.29 is 14.3 Å². The predicted octanol–water partition coefficient (Wildman–Crippen LogP) is 6.67. The third kappa shape index (κ3) is 6.77. The maximum absolute atomic E-state index is 14.2. The molecular formula is C35H27I2N3O4S. The largest absolute Gasteiger partial charge is 0.497 e. The summed E-state index contributed by atoms with van der Waals surface area (Å²) in [5, 5.41) is 2.98. The number of thiazole rings is 1. The Bertz CT molecular complexity index is 2090. The van der Waals surface area contributed by atoms with E-state index in [0.717, 1.165) is 29.6 Å². The number of allylic oxidation sites excluding steroid dienone is 1. The topological polar surface area (TPSA) is 81.9 Å². The zero-order valence-corrected chi connectivity index (χ0v) is 29.4. The van der Waals surface area contributed by atoms with Crippen molar-refractivity contribution in [3.63, 3.8) is 0 Å². The second kappa shape index (κ2) is 13.7. The number of methoxy groups -OCH3 is 1. The molecule has 0 bridgehead atoms. The summed E-state index contributed by atoms with van der Waals surface area (Å²) >= 11 is 5.85. The van der Waals surface area contributed by atoms with Crippen molar-refractivity contribution in [1.82, 2.24) is 4.57 Å². The number of fused-ring (bicyclic) bond motifs is 1. The molecule has 6 rings (SSSR count). The number of amides is 1. The molecule has 1 aliphatic rings. The minimum Gasteiger partial charge on any atom is -0.497 e. The SMILES string of the molecule is COc1cccc(C2C(C(=O)Nc3ccccc3)=C(C)N=c3s/c(=C\c4cc(I)c(OCc5ccccc5)c(I)c4)c(=O)n32)c1. The molecule has 226 valence electrons. The summed E-state index contributed by atoms with van der Waals surface area (Å²) in [6, 6.07) is 30.0. The normalized spacial score (nSPS) is 14.5. The Morgan fingerprint density at radius 3 is 2.36 bits per heavy atom. The first kappa shape index (κ1) is 31.2. The van der Waals surface area contributed by atoms with Crippen LogP contribution in [0.3, 0.4) is 0 Å². The molecule has 0 saturated heterocycles. The number of halogens is 2. The summed E-state index contributed by atoms with van der Waals surface area (Å²) in [5.74, 6) is 1.12. The Morgan fingerprint density at radius 2 is 1.67 bits per heavy atom. The second-order valence-electron chi connectivity index (χ2n) is 10.3. The Labute approximate surface area is 291 Å². The molecule has 0 radical (unpaired) electrons. The molecule has 45 heavy (non-hydrogen) atoms. The predicted molar refractivity (Wildman–Crippen MR) is 194 cm³/mol. The van der Waals surface area contributed by atoms with Gasteiger partial charge in [0.15, 0.2) is 4.80 Å². The molecule has 1 atom stereocenters. The van der Waals surface area contributed by atoms with Crippen LogP contribution in [0.2, 0.25) is 0 Å². The van der Waals surface area contributed by atoms with E-state index in [2.05, 4.69) is 50.5 Å². The number of anilines is 1. The number of rotatable bonds is 8. The van der Waals surface area contributed by atoms with Gasteiger partial charge in [0.2, 0.25) is 0 Å². The van der Waals surface area contributed by atoms with E-state index in [0.29, 0.717) is 38.6 Å². The third-order valence-corrected chi connectivity index (χ3v) is 9.84. The van der Waals surface area contributed by atoms with E-state index in [-0.39, 0.29) is 11.5 Å². The second-order valence-corrected chi connectivity index (χ2v) is 13.6. The molecule has 7 nitrogen and oxygen atoms in total. The van der Waals surface area contributed by atoms with E-state index >= 15 is 0 Å². The van der Waals surface area contributed by atoms with Gasteiger partial charge in [0.1, 0.15) is 18.1 Å². The van der Waals surface area contributed by atoms with Gasteiger partial charge in [-0.1, -0.05) is 72.0 Å². The Balaban J connectivity index is 1.41. The number of nitrogens with one attached hydrogen (secondary N) is 1. The standard InChI is InChI=1S/C35H27I2N3O4S/c1-21-30(33(41)39-25-13-7-4-8-14-25)31(24-12-9-15-26(19-24)43-2)40-34(42)29(45-35(40)38-21)18-23-16-27(36)32(28(37)17-23)44-20-22-10-5-3-6-11-22/h3-19,31H,20H2,1-2H3,(H,39,41)/b29-18-. The molecule has 1 aromatic heterocycles. The zero-order chi connectivity index (χ0) is 31.5. The summed E-state index contributed by atoms with van der Waals surface area (Å²) in [6.07, 6.45) is 1.88. The van der Waals surface area contributed by atoms with E-state index < -0.39 is 6.04 Å². The molecule has 0 fully saturated rings. The number of benzene rings is 4. The number of carbonyl (C=O) groups is 1.